The number of methoxy groups -OCH3 is 1. The van der Waals surface area contributed by atoms with E-state index in [9.17, 15) is 0 Å². The molecule has 0 atom stereocenters. The molecular weight excluding hydrogens is 340 g/mol. The summed E-state index contributed by atoms with van der Waals surface area (Å²) in [5.41, 5.74) is 1.49. The molecule has 1 aliphatic heterocycles. The average molecular weight is 377 g/mol. The van der Waals surface area contributed by atoms with Crippen molar-refractivity contribution in [3.8, 4) is 0 Å². The summed E-state index contributed by atoms with van der Waals surface area (Å²) in [6.45, 7) is 6.19. The number of nitrogens with zero attached hydrogens (tertiary/aromatic N) is 2. The molecule has 0 spiro atoms. The molecule has 1 aliphatic rings. The molecule has 0 radical (unpaired) electrons. The number of hydrogen-bond donors (Lipinski definition) is 2. The van der Waals surface area contributed by atoms with Crippen molar-refractivity contribution in [1.29, 1.82) is 0 Å². The highest BCUT2D eigenvalue weighted by atomic mass is 16.5. The van der Waals surface area contributed by atoms with Gasteiger partial charge >= 0.3 is 0 Å². The van der Waals surface area contributed by atoms with Crippen LogP contribution in [0.2, 0.25) is 0 Å². The Morgan fingerprint density at radius 1 is 1.19 bits per heavy atom. The summed E-state index contributed by atoms with van der Waals surface area (Å²) in [5, 5.41) is 6.98. The Bertz CT molecular complexity index is 544. The van der Waals surface area contributed by atoms with E-state index in [1.807, 2.05) is 7.05 Å². The van der Waals surface area contributed by atoms with Crippen LogP contribution >= 0.6 is 0 Å². The van der Waals surface area contributed by atoms with Gasteiger partial charge in [0.15, 0.2) is 5.96 Å². The number of rotatable bonds is 10. The summed E-state index contributed by atoms with van der Waals surface area (Å²) in [4.78, 5) is 6.70. The normalized spacial score (nSPS) is 17.1. The van der Waals surface area contributed by atoms with Gasteiger partial charge in [-0.05, 0) is 31.9 Å². The van der Waals surface area contributed by atoms with Gasteiger partial charge in [-0.2, -0.15) is 0 Å². The fourth-order valence-electron chi connectivity index (χ4n) is 3.55. The van der Waals surface area contributed by atoms with Gasteiger partial charge in [0.1, 0.15) is 0 Å². The molecule has 6 heteroatoms. The van der Waals surface area contributed by atoms with Crippen molar-refractivity contribution in [3.63, 3.8) is 0 Å². The number of nitrogens with one attached hydrogen (secondary N) is 2. The van der Waals surface area contributed by atoms with Crippen LogP contribution in [0.25, 0.3) is 0 Å². The Kier molecular flexibility index (Phi) is 9.59. The van der Waals surface area contributed by atoms with Gasteiger partial charge in [0.25, 0.3) is 0 Å². The molecule has 0 aliphatic carbocycles. The number of aliphatic imine (C=N–C) groups is 1. The van der Waals surface area contributed by atoms with Crippen molar-refractivity contribution in [1.82, 2.24) is 15.5 Å². The zero-order valence-electron chi connectivity index (χ0n) is 17.2. The van der Waals surface area contributed by atoms with E-state index in [0.717, 1.165) is 71.2 Å². The van der Waals surface area contributed by atoms with E-state index in [1.54, 1.807) is 7.11 Å². The second-order valence-corrected chi connectivity index (χ2v) is 7.26. The van der Waals surface area contributed by atoms with Gasteiger partial charge < -0.3 is 25.0 Å². The second kappa shape index (κ2) is 12.0. The van der Waals surface area contributed by atoms with Crippen LogP contribution in [0.15, 0.2) is 35.3 Å². The van der Waals surface area contributed by atoms with Gasteiger partial charge in [-0.25, -0.2) is 0 Å². The lowest BCUT2D eigenvalue weighted by atomic mass is 9.74. The molecule has 6 nitrogen and oxygen atoms in total. The molecule has 2 N–H and O–H groups in total. The van der Waals surface area contributed by atoms with E-state index in [4.69, 9.17) is 9.47 Å². The number of likely N-dealkylation sites (N-methyl/N-ethyl adjacent to an activating group) is 1. The first-order valence-corrected chi connectivity index (χ1v) is 9.95. The van der Waals surface area contributed by atoms with E-state index in [1.165, 1.54) is 5.56 Å². The molecule has 2 rings (SSSR count). The fourth-order valence-corrected chi connectivity index (χ4v) is 3.55. The first kappa shape index (κ1) is 21.7. The molecule has 0 saturated carbocycles. The van der Waals surface area contributed by atoms with E-state index >= 15 is 0 Å². The smallest absolute Gasteiger partial charge is 0.191 e. The highest BCUT2D eigenvalue weighted by Crippen LogP contribution is 2.34. The van der Waals surface area contributed by atoms with Crippen molar-refractivity contribution >= 4 is 5.96 Å². The third-order valence-corrected chi connectivity index (χ3v) is 5.33. The lowest BCUT2D eigenvalue weighted by molar-refractivity contribution is 0.0514. The summed E-state index contributed by atoms with van der Waals surface area (Å²) in [7, 11) is 5.72. The predicted molar refractivity (Wildman–Crippen MR) is 112 cm³/mol. The molecule has 0 unspecified atom stereocenters. The average Bonchev–Trinajstić information content (AvgIpc) is 2.72. The Morgan fingerprint density at radius 3 is 2.59 bits per heavy atom. The monoisotopic (exact) mass is 376 g/mol. The molecule has 27 heavy (non-hydrogen) atoms. The summed E-state index contributed by atoms with van der Waals surface area (Å²) < 4.78 is 10.7. The van der Waals surface area contributed by atoms with Gasteiger partial charge in [-0.3, -0.25) is 4.99 Å². The van der Waals surface area contributed by atoms with Gasteiger partial charge in [-0.15, -0.1) is 0 Å². The van der Waals surface area contributed by atoms with Gasteiger partial charge in [0.2, 0.25) is 0 Å². The molecular formula is C21H36N4O2. The molecule has 0 aromatic heterocycles. The fraction of sp³-hybridized carbons (Fsp3) is 0.667. The Balaban J connectivity index is 1.82. The number of hydrogen-bond acceptors (Lipinski definition) is 4. The third kappa shape index (κ3) is 7.13. The first-order valence-electron chi connectivity index (χ1n) is 9.95. The van der Waals surface area contributed by atoms with E-state index in [-0.39, 0.29) is 5.41 Å². The van der Waals surface area contributed by atoms with Crippen LogP contribution < -0.4 is 10.6 Å². The molecule has 1 heterocycles. The predicted octanol–water partition coefficient (Wildman–Crippen LogP) is 1.87. The zero-order chi connectivity index (χ0) is 19.4. The maximum absolute atomic E-state index is 5.62. The maximum atomic E-state index is 5.62. The topological polar surface area (TPSA) is 58.1 Å². The highest BCUT2D eigenvalue weighted by Gasteiger charge is 2.34. The number of benzene rings is 1. The van der Waals surface area contributed by atoms with Crippen LogP contribution in [0.3, 0.4) is 0 Å². The van der Waals surface area contributed by atoms with Crippen molar-refractivity contribution < 1.29 is 9.47 Å². The van der Waals surface area contributed by atoms with Crippen LogP contribution in [-0.4, -0.2) is 78.1 Å². The molecule has 1 aromatic carbocycles. The van der Waals surface area contributed by atoms with Crippen molar-refractivity contribution in [2.75, 3.05) is 67.2 Å². The minimum Gasteiger partial charge on any atom is -0.385 e. The molecule has 152 valence electrons. The van der Waals surface area contributed by atoms with Crippen molar-refractivity contribution in [2.45, 2.75) is 24.7 Å². The summed E-state index contributed by atoms with van der Waals surface area (Å²) in [5.74, 6) is 0.863. The van der Waals surface area contributed by atoms with Crippen LogP contribution in [-0.2, 0) is 14.9 Å². The SMILES string of the molecule is CN=C(NCCN(C)CCCOC)NCC1(c2ccccc2)CCOCC1. The molecule has 0 amide bonds. The van der Waals surface area contributed by atoms with Crippen LogP contribution in [0, 0.1) is 0 Å². The summed E-state index contributed by atoms with van der Waals surface area (Å²) in [6, 6.07) is 10.8. The van der Waals surface area contributed by atoms with Gasteiger partial charge in [-0.1, -0.05) is 30.3 Å². The Morgan fingerprint density at radius 2 is 1.93 bits per heavy atom. The lowest BCUT2D eigenvalue weighted by Gasteiger charge is -2.38. The minimum absolute atomic E-state index is 0.105. The second-order valence-electron chi connectivity index (χ2n) is 7.26. The highest BCUT2D eigenvalue weighted by molar-refractivity contribution is 5.79. The number of ether oxygens (including phenoxy) is 2. The Hall–Kier alpha value is -1.63. The van der Waals surface area contributed by atoms with Gasteiger partial charge in [0, 0.05) is 65.6 Å². The Labute approximate surface area is 164 Å². The van der Waals surface area contributed by atoms with Crippen LogP contribution in [0.5, 0.6) is 0 Å². The quantitative estimate of drug-likeness (QED) is 0.371. The molecule has 1 saturated heterocycles. The number of guanidine groups is 1. The van der Waals surface area contributed by atoms with E-state index in [0.29, 0.717) is 0 Å². The van der Waals surface area contributed by atoms with Crippen LogP contribution in [0.1, 0.15) is 24.8 Å². The van der Waals surface area contributed by atoms with Crippen molar-refractivity contribution in [2.24, 2.45) is 4.99 Å². The summed E-state index contributed by atoms with van der Waals surface area (Å²) in [6.07, 6.45) is 3.12. The van der Waals surface area contributed by atoms with E-state index < -0.39 is 0 Å². The first-order chi connectivity index (χ1) is 13.2. The van der Waals surface area contributed by atoms with Crippen LogP contribution in [0.4, 0.5) is 0 Å². The molecule has 1 fully saturated rings. The maximum Gasteiger partial charge on any atom is 0.191 e. The minimum atomic E-state index is 0.105. The lowest BCUT2D eigenvalue weighted by Crippen LogP contribution is -2.49. The third-order valence-electron chi connectivity index (χ3n) is 5.33. The van der Waals surface area contributed by atoms with E-state index in [2.05, 4.69) is 57.9 Å². The standard InChI is InChI=1S/C21H36N4O2/c1-22-20(23-12-14-25(2)13-7-15-26-3)24-18-21(10-16-27-17-11-21)19-8-5-4-6-9-19/h4-6,8-9H,7,10-18H2,1-3H3,(H2,22,23,24). The summed E-state index contributed by atoms with van der Waals surface area (Å²) >= 11 is 0. The largest absolute Gasteiger partial charge is 0.385 e. The molecule has 0 bridgehead atoms. The molecule has 1 aromatic rings. The zero-order valence-corrected chi connectivity index (χ0v) is 17.2. The van der Waals surface area contributed by atoms with Crippen molar-refractivity contribution in [3.05, 3.63) is 35.9 Å². The van der Waals surface area contributed by atoms with Gasteiger partial charge in [0.05, 0.1) is 0 Å².